The molecule has 0 spiro atoms. The minimum Gasteiger partial charge on any atom is -0.375 e. The van der Waals surface area contributed by atoms with Crippen LogP contribution in [-0.2, 0) is 16.6 Å². The first-order valence-electron chi connectivity index (χ1n) is 6.97. The van der Waals surface area contributed by atoms with Gasteiger partial charge in [0.2, 0.25) is 5.91 Å². The third kappa shape index (κ3) is 4.66. The molecular weight excluding hydrogens is 296 g/mol. The van der Waals surface area contributed by atoms with Gasteiger partial charge in [0.05, 0.1) is 18.3 Å². The molecule has 0 bridgehead atoms. The average molecular weight is 316 g/mol. The maximum atomic E-state index is 11.7. The molecule has 0 aliphatic carbocycles. The van der Waals surface area contributed by atoms with E-state index in [-0.39, 0.29) is 17.7 Å². The summed E-state index contributed by atoms with van der Waals surface area (Å²) in [6.07, 6.45) is 1.80. The molecule has 1 heterocycles. The molecule has 2 rings (SSSR count). The molecule has 0 radical (unpaired) electrons. The maximum Gasteiger partial charge on any atom is 0.246 e. The topological polar surface area (TPSA) is 80.4 Å². The van der Waals surface area contributed by atoms with Crippen molar-refractivity contribution in [3.05, 3.63) is 46.5 Å². The molecule has 6 heteroatoms. The van der Waals surface area contributed by atoms with E-state index in [1.165, 1.54) is 16.9 Å². The number of carbonyl (C=O) groups is 1. The van der Waals surface area contributed by atoms with Crippen LogP contribution in [0.15, 0.2) is 34.7 Å². The van der Waals surface area contributed by atoms with Gasteiger partial charge in [0.25, 0.3) is 0 Å². The second-order valence-electron chi connectivity index (χ2n) is 6.02. The summed E-state index contributed by atoms with van der Waals surface area (Å²) in [5.41, 5.74) is 11.0. The lowest BCUT2D eigenvalue weighted by molar-refractivity contribution is -0.120. The van der Waals surface area contributed by atoms with E-state index in [4.69, 9.17) is 5.73 Å². The van der Waals surface area contributed by atoms with Gasteiger partial charge >= 0.3 is 0 Å². The number of aromatic nitrogens is 1. The SMILES string of the molecule is CC(C)(C)c1ccc(/C=N/NC(=O)Cc2csc(N)n2)cc1. The number of anilines is 1. The van der Waals surface area contributed by atoms with Crippen LogP contribution in [0, 0.1) is 0 Å². The maximum absolute atomic E-state index is 11.7. The Labute approximate surface area is 134 Å². The molecule has 1 aromatic heterocycles. The Balaban J connectivity index is 1.88. The fourth-order valence-corrected chi connectivity index (χ4v) is 2.42. The van der Waals surface area contributed by atoms with Crippen LogP contribution >= 0.6 is 11.3 Å². The smallest absolute Gasteiger partial charge is 0.246 e. The summed E-state index contributed by atoms with van der Waals surface area (Å²) in [5.74, 6) is -0.215. The standard InChI is InChI=1S/C16H20N4OS/c1-16(2,3)12-6-4-11(5-7-12)9-18-20-14(21)8-13-10-22-15(17)19-13/h4-7,9-10H,8H2,1-3H3,(H2,17,19)(H,20,21)/b18-9+. The fourth-order valence-electron chi connectivity index (χ4n) is 1.86. The minimum atomic E-state index is -0.215. The molecule has 0 unspecified atom stereocenters. The molecule has 2 aromatic rings. The molecule has 0 aliphatic rings. The van der Waals surface area contributed by atoms with Crippen molar-refractivity contribution in [2.75, 3.05) is 5.73 Å². The van der Waals surface area contributed by atoms with E-state index in [1.807, 2.05) is 12.1 Å². The number of hydrogen-bond donors (Lipinski definition) is 2. The predicted molar refractivity (Wildman–Crippen MR) is 91.1 cm³/mol. The summed E-state index contributed by atoms with van der Waals surface area (Å²) < 4.78 is 0. The zero-order chi connectivity index (χ0) is 16.2. The summed E-state index contributed by atoms with van der Waals surface area (Å²) in [6.45, 7) is 6.50. The van der Waals surface area contributed by atoms with Crippen molar-refractivity contribution in [3.63, 3.8) is 0 Å². The minimum absolute atomic E-state index is 0.124. The van der Waals surface area contributed by atoms with Gasteiger partial charge in [0, 0.05) is 5.38 Å². The summed E-state index contributed by atoms with van der Waals surface area (Å²) in [5, 5.41) is 6.19. The summed E-state index contributed by atoms with van der Waals surface area (Å²) >= 11 is 1.32. The Bertz CT molecular complexity index is 668. The van der Waals surface area contributed by atoms with Crippen molar-refractivity contribution < 1.29 is 4.79 Å². The van der Waals surface area contributed by atoms with Gasteiger partial charge in [-0.15, -0.1) is 11.3 Å². The Morgan fingerprint density at radius 2 is 2.05 bits per heavy atom. The first-order valence-corrected chi connectivity index (χ1v) is 7.85. The lowest BCUT2D eigenvalue weighted by Crippen LogP contribution is -2.20. The number of nitrogens with two attached hydrogens (primary N) is 1. The first kappa shape index (κ1) is 16.2. The zero-order valence-corrected chi connectivity index (χ0v) is 13.8. The van der Waals surface area contributed by atoms with Crippen LogP contribution in [0.4, 0.5) is 5.13 Å². The van der Waals surface area contributed by atoms with Crippen LogP contribution in [0.25, 0.3) is 0 Å². The number of hydrogen-bond acceptors (Lipinski definition) is 5. The van der Waals surface area contributed by atoms with Crippen molar-refractivity contribution in [2.45, 2.75) is 32.6 Å². The Morgan fingerprint density at radius 1 is 1.36 bits per heavy atom. The quantitative estimate of drug-likeness (QED) is 0.672. The van der Waals surface area contributed by atoms with Crippen LogP contribution in [0.5, 0.6) is 0 Å². The molecule has 1 aromatic carbocycles. The third-order valence-corrected chi connectivity index (χ3v) is 3.81. The Kier molecular flexibility index (Phi) is 4.92. The van der Waals surface area contributed by atoms with Gasteiger partial charge in [0.1, 0.15) is 0 Å². The monoisotopic (exact) mass is 316 g/mol. The molecule has 22 heavy (non-hydrogen) atoms. The van der Waals surface area contributed by atoms with E-state index < -0.39 is 0 Å². The number of amides is 1. The molecule has 0 atom stereocenters. The summed E-state index contributed by atoms with van der Waals surface area (Å²) in [4.78, 5) is 15.7. The highest BCUT2D eigenvalue weighted by Gasteiger charge is 2.12. The number of rotatable bonds is 4. The Morgan fingerprint density at radius 3 is 2.59 bits per heavy atom. The van der Waals surface area contributed by atoms with Crippen LogP contribution in [0.3, 0.4) is 0 Å². The molecule has 0 aliphatic heterocycles. The second-order valence-corrected chi connectivity index (χ2v) is 6.91. The molecular formula is C16H20N4OS. The number of nitrogens with zero attached hydrogens (tertiary/aromatic N) is 2. The molecule has 1 amide bonds. The van der Waals surface area contributed by atoms with E-state index in [0.717, 1.165) is 5.56 Å². The average Bonchev–Trinajstić information content (AvgIpc) is 2.83. The van der Waals surface area contributed by atoms with Crippen LogP contribution in [-0.4, -0.2) is 17.1 Å². The number of carbonyl (C=O) groups excluding carboxylic acids is 1. The summed E-state index contributed by atoms with van der Waals surface area (Å²) in [6, 6.07) is 8.11. The molecule has 0 fully saturated rings. The van der Waals surface area contributed by atoms with Crippen molar-refractivity contribution in [1.82, 2.24) is 10.4 Å². The van der Waals surface area contributed by atoms with E-state index >= 15 is 0 Å². The third-order valence-electron chi connectivity index (χ3n) is 3.09. The second kappa shape index (κ2) is 6.70. The van der Waals surface area contributed by atoms with Crippen LogP contribution in [0.2, 0.25) is 0 Å². The highest BCUT2D eigenvalue weighted by Crippen LogP contribution is 2.21. The van der Waals surface area contributed by atoms with E-state index in [1.54, 1.807) is 11.6 Å². The van der Waals surface area contributed by atoms with Crippen molar-refractivity contribution in [2.24, 2.45) is 5.10 Å². The molecule has 5 nitrogen and oxygen atoms in total. The highest BCUT2D eigenvalue weighted by molar-refractivity contribution is 7.13. The largest absolute Gasteiger partial charge is 0.375 e. The van der Waals surface area contributed by atoms with Crippen molar-refractivity contribution in [1.29, 1.82) is 0 Å². The van der Waals surface area contributed by atoms with Gasteiger partial charge in [-0.05, 0) is 16.5 Å². The number of hydrazone groups is 1. The van der Waals surface area contributed by atoms with Gasteiger partial charge in [-0.3, -0.25) is 4.79 Å². The number of benzene rings is 1. The van der Waals surface area contributed by atoms with Gasteiger partial charge in [0.15, 0.2) is 5.13 Å². The van der Waals surface area contributed by atoms with E-state index in [2.05, 4.69) is 48.4 Å². The normalized spacial score (nSPS) is 11.8. The van der Waals surface area contributed by atoms with Gasteiger partial charge in [-0.2, -0.15) is 5.10 Å². The number of thiazole rings is 1. The van der Waals surface area contributed by atoms with Crippen LogP contribution < -0.4 is 11.2 Å². The van der Waals surface area contributed by atoms with E-state index in [0.29, 0.717) is 10.8 Å². The molecule has 116 valence electrons. The van der Waals surface area contributed by atoms with Gasteiger partial charge < -0.3 is 5.73 Å². The Hall–Kier alpha value is -2.21. The van der Waals surface area contributed by atoms with Crippen LogP contribution in [0.1, 0.15) is 37.6 Å². The molecule has 0 saturated carbocycles. The van der Waals surface area contributed by atoms with E-state index in [9.17, 15) is 4.79 Å². The number of nitrogens with one attached hydrogen (secondary N) is 1. The first-order chi connectivity index (χ1) is 10.3. The fraction of sp³-hybridized carbons (Fsp3) is 0.312. The molecule has 0 saturated heterocycles. The molecule has 3 N–H and O–H groups in total. The predicted octanol–water partition coefficient (Wildman–Crippen LogP) is 2.72. The van der Waals surface area contributed by atoms with Crippen molar-refractivity contribution >= 4 is 28.6 Å². The van der Waals surface area contributed by atoms with Gasteiger partial charge in [-0.25, -0.2) is 10.4 Å². The lowest BCUT2D eigenvalue weighted by Gasteiger charge is -2.18. The number of nitrogen functional groups attached to an aromatic ring is 1. The lowest BCUT2D eigenvalue weighted by atomic mass is 9.87. The summed E-state index contributed by atoms with van der Waals surface area (Å²) in [7, 11) is 0. The highest BCUT2D eigenvalue weighted by atomic mass is 32.1. The van der Waals surface area contributed by atoms with Crippen molar-refractivity contribution in [3.8, 4) is 0 Å². The van der Waals surface area contributed by atoms with Gasteiger partial charge in [-0.1, -0.05) is 45.0 Å². The zero-order valence-electron chi connectivity index (χ0n) is 13.0.